The van der Waals surface area contributed by atoms with Gasteiger partial charge in [-0.1, -0.05) is 18.2 Å². The third-order valence-corrected chi connectivity index (χ3v) is 5.06. The number of hydrogen-bond donors (Lipinski definition) is 1. The summed E-state index contributed by atoms with van der Waals surface area (Å²) in [5.41, 5.74) is -0.0925. The first-order valence-electron chi connectivity index (χ1n) is 6.87. The zero-order chi connectivity index (χ0) is 17.2. The normalized spacial score (nSPS) is 11.5. The molecule has 0 radical (unpaired) electrons. The number of benzene rings is 1. The third-order valence-electron chi connectivity index (χ3n) is 3.18. The molecular formula is C16H11F3N2OS2. The van der Waals surface area contributed by atoms with Crippen LogP contribution in [0.15, 0.2) is 47.2 Å². The Morgan fingerprint density at radius 3 is 2.71 bits per heavy atom. The molecule has 3 rings (SSSR count). The molecule has 0 aliphatic carbocycles. The lowest BCUT2D eigenvalue weighted by molar-refractivity contribution is -0.137. The fourth-order valence-corrected chi connectivity index (χ4v) is 3.64. The van der Waals surface area contributed by atoms with E-state index in [2.05, 4.69) is 10.3 Å². The first-order chi connectivity index (χ1) is 11.4. The molecule has 124 valence electrons. The van der Waals surface area contributed by atoms with E-state index in [9.17, 15) is 18.0 Å². The van der Waals surface area contributed by atoms with E-state index < -0.39 is 17.6 Å². The summed E-state index contributed by atoms with van der Waals surface area (Å²) in [5, 5.41) is 6.89. The SMILES string of the molecule is O=C(NCc1cccc(C(F)(F)F)c1)c1csc(-c2cccs2)n1. The van der Waals surface area contributed by atoms with Gasteiger partial charge in [-0.3, -0.25) is 4.79 Å². The minimum atomic E-state index is -4.40. The minimum Gasteiger partial charge on any atom is -0.347 e. The number of nitrogens with one attached hydrogen (secondary N) is 1. The van der Waals surface area contributed by atoms with Gasteiger partial charge in [-0.25, -0.2) is 4.98 Å². The number of rotatable bonds is 4. The van der Waals surface area contributed by atoms with Crippen molar-refractivity contribution in [1.29, 1.82) is 0 Å². The lowest BCUT2D eigenvalue weighted by atomic mass is 10.1. The highest BCUT2D eigenvalue weighted by Crippen LogP contribution is 2.30. The topological polar surface area (TPSA) is 42.0 Å². The van der Waals surface area contributed by atoms with Crippen molar-refractivity contribution in [3.05, 3.63) is 64.0 Å². The molecule has 0 unspecified atom stereocenters. The Kier molecular flexibility index (Phi) is 4.68. The molecule has 1 N–H and O–H groups in total. The molecule has 8 heteroatoms. The summed E-state index contributed by atoms with van der Waals surface area (Å²) in [6, 6.07) is 8.69. The fraction of sp³-hybridized carbons (Fsp3) is 0.125. The Balaban J connectivity index is 1.66. The van der Waals surface area contributed by atoms with Gasteiger partial charge in [0, 0.05) is 11.9 Å². The lowest BCUT2D eigenvalue weighted by Crippen LogP contribution is -2.23. The summed E-state index contributed by atoms with van der Waals surface area (Å²) in [6.07, 6.45) is -4.40. The van der Waals surface area contributed by atoms with Crippen LogP contribution in [0.1, 0.15) is 21.6 Å². The van der Waals surface area contributed by atoms with Crippen LogP contribution >= 0.6 is 22.7 Å². The molecule has 0 aliphatic rings. The van der Waals surface area contributed by atoms with Crippen LogP contribution in [0.3, 0.4) is 0 Å². The molecular weight excluding hydrogens is 357 g/mol. The van der Waals surface area contributed by atoms with E-state index >= 15 is 0 Å². The third kappa shape index (κ3) is 3.82. The number of thiophene rings is 1. The average Bonchev–Trinajstić information content (AvgIpc) is 3.22. The molecule has 3 nitrogen and oxygen atoms in total. The molecule has 0 spiro atoms. The van der Waals surface area contributed by atoms with E-state index in [0.29, 0.717) is 5.56 Å². The van der Waals surface area contributed by atoms with Crippen LogP contribution in [-0.2, 0) is 12.7 Å². The van der Waals surface area contributed by atoms with Crippen LogP contribution in [0.4, 0.5) is 13.2 Å². The Morgan fingerprint density at radius 1 is 1.17 bits per heavy atom. The zero-order valence-electron chi connectivity index (χ0n) is 12.1. The molecule has 0 saturated heterocycles. The zero-order valence-corrected chi connectivity index (χ0v) is 13.8. The first kappa shape index (κ1) is 16.7. The molecule has 2 heterocycles. The van der Waals surface area contributed by atoms with Crippen LogP contribution in [-0.4, -0.2) is 10.9 Å². The molecule has 0 aliphatic heterocycles. The van der Waals surface area contributed by atoms with Gasteiger partial charge in [0.25, 0.3) is 5.91 Å². The highest BCUT2D eigenvalue weighted by atomic mass is 32.1. The van der Waals surface area contributed by atoms with Gasteiger partial charge in [-0.15, -0.1) is 22.7 Å². The minimum absolute atomic E-state index is 0.00855. The summed E-state index contributed by atoms with van der Waals surface area (Å²) in [6.45, 7) is 0.00855. The number of aromatic nitrogens is 1. The maximum Gasteiger partial charge on any atom is 0.416 e. The number of carbonyl (C=O) groups is 1. The van der Waals surface area contributed by atoms with E-state index in [1.54, 1.807) is 5.38 Å². The van der Waals surface area contributed by atoms with Crippen LogP contribution in [0.25, 0.3) is 9.88 Å². The predicted octanol–water partition coefficient (Wildman–Crippen LogP) is 4.82. The Hall–Kier alpha value is -2.19. The second-order valence-corrected chi connectivity index (χ2v) is 6.70. The smallest absolute Gasteiger partial charge is 0.347 e. The van der Waals surface area contributed by atoms with Crippen molar-refractivity contribution < 1.29 is 18.0 Å². The van der Waals surface area contributed by atoms with Gasteiger partial charge in [0.1, 0.15) is 10.7 Å². The van der Waals surface area contributed by atoms with Crippen LogP contribution in [0.2, 0.25) is 0 Å². The monoisotopic (exact) mass is 368 g/mol. The van der Waals surface area contributed by atoms with Crippen molar-refractivity contribution in [2.45, 2.75) is 12.7 Å². The van der Waals surface area contributed by atoms with Gasteiger partial charge in [-0.05, 0) is 29.1 Å². The predicted molar refractivity (Wildman–Crippen MR) is 88.0 cm³/mol. The summed E-state index contributed by atoms with van der Waals surface area (Å²) < 4.78 is 38.0. The summed E-state index contributed by atoms with van der Waals surface area (Å²) in [7, 11) is 0. The summed E-state index contributed by atoms with van der Waals surface area (Å²) in [4.78, 5) is 17.3. The van der Waals surface area contributed by atoms with Gasteiger partial charge >= 0.3 is 6.18 Å². The van der Waals surface area contributed by atoms with Crippen LogP contribution < -0.4 is 5.32 Å². The molecule has 0 bridgehead atoms. The maximum absolute atomic E-state index is 12.7. The van der Waals surface area contributed by atoms with Gasteiger partial charge in [0.15, 0.2) is 0 Å². The van der Waals surface area contributed by atoms with Crippen molar-refractivity contribution >= 4 is 28.6 Å². The van der Waals surface area contributed by atoms with Crippen molar-refractivity contribution in [3.8, 4) is 9.88 Å². The van der Waals surface area contributed by atoms with Crippen molar-refractivity contribution in [3.63, 3.8) is 0 Å². The lowest BCUT2D eigenvalue weighted by Gasteiger charge is -2.09. The number of alkyl halides is 3. The molecule has 1 aromatic carbocycles. The van der Waals surface area contributed by atoms with Crippen LogP contribution in [0.5, 0.6) is 0 Å². The summed E-state index contributed by atoms with van der Waals surface area (Å²) >= 11 is 2.88. The molecule has 0 saturated carbocycles. The molecule has 0 fully saturated rings. The van der Waals surface area contributed by atoms with Crippen molar-refractivity contribution in [2.24, 2.45) is 0 Å². The van der Waals surface area contributed by atoms with E-state index in [4.69, 9.17) is 0 Å². The number of amides is 1. The number of halogens is 3. The van der Waals surface area contributed by atoms with Gasteiger partial charge in [-0.2, -0.15) is 13.2 Å². The number of thiazole rings is 1. The highest BCUT2D eigenvalue weighted by Gasteiger charge is 2.30. The fourth-order valence-electron chi connectivity index (χ4n) is 2.02. The average molecular weight is 368 g/mol. The summed E-state index contributed by atoms with van der Waals surface area (Å²) in [5.74, 6) is -0.411. The van der Waals surface area contributed by atoms with Crippen molar-refractivity contribution in [1.82, 2.24) is 10.3 Å². The largest absolute Gasteiger partial charge is 0.416 e. The highest BCUT2D eigenvalue weighted by molar-refractivity contribution is 7.20. The van der Waals surface area contributed by atoms with E-state index in [1.807, 2.05) is 17.5 Å². The van der Waals surface area contributed by atoms with E-state index in [-0.39, 0.29) is 12.2 Å². The first-order valence-corrected chi connectivity index (χ1v) is 8.63. The molecule has 3 aromatic rings. The van der Waals surface area contributed by atoms with Crippen molar-refractivity contribution in [2.75, 3.05) is 0 Å². The van der Waals surface area contributed by atoms with Gasteiger partial charge < -0.3 is 5.32 Å². The quantitative estimate of drug-likeness (QED) is 0.717. The molecule has 2 aromatic heterocycles. The number of nitrogens with zero attached hydrogens (tertiary/aromatic N) is 1. The number of hydrogen-bond acceptors (Lipinski definition) is 4. The van der Waals surface area contributed by atoms with Gasteiger partial charge in [0.2, 0.25) is 0 Å². The Bertz CT molecular complexity index is 841. The Morgan fingerprint density at radius 2 is 2.00 bits per heavy atom. The second-order valence-electron chi connectivity index (χ2n) is 4.90. The standard InChI is InChI=1S/C16H11F3N2OS2/c17-16(18,19)11-4-1-3-10(7-11)8-20-14(22)12-9-24-15(21-12)13-5-2-6-23-13/h1-7,9H,8H2,(H,20,22). The van der Waals surface area contributed by atoms with Gasteiger partial charge in [0.05, 0.1) is 10.4 Å². The molecule has 24 heavy (non-hydrogen) atoms. The van der Waals surface area contributed by atoms with E-state index in [0.717, 1.165) is 22.0 Å². The maximum atomic E-state index is 12.7. The van der Waals surface area contributed by atoms with Crippen LogP contribution in [0, 0.1) is 0 Å². The number of carbonyl (C=O) groups excluding carboxylic acids is 1. The molecule has 0 atom stereocenters. The Labute approximate surface area is 143 Å². The molecule has 1 amide bonds. The van der Waals surface area contributed by atoms with E-state index in [1.165, 1.54) is 34.8 Å². The second kappa shape index (κ2) is 6.74.